The van der Waals surface area contributed by atoms with Crippen LogP contribution in [0.15, 0.2) is 55.0 Å². The molecule has 0 aliphatic carbocycles. The standard InChI is InChI=1S/C16H15N3.Ir/c1-12-6-5-7-13(2)15(12)19-11-10-18-16(19)14-8-3-4-9-17-14;/h3-11H,1-2H3;. The Morgan fingerprint density at radius 1 is 0.850 bits per heavy atom. The van der Waals surface area contributed by atoms with E-state index in [4.69, 9.17) is 0 Å². The molecule has 3 nitrogen and oxygen atoms in total. The second kappa shape index (κ2) is 6.12. The molecule has 0 saturated carbocycles. The van der Waals surface area contributed by atoms with Crippen LogP contribution in [0.3, 0.4) is 0 Å². The molecule has 0 spiro atoms. The first kappa shape index (κ1) is 14.6. The molecule has 1 radical (unpaired) electrons. The minimum atomic E-state index is 0. The molecule has 0 amide bonds. The largest absolute Gasteiger partial charge is 0.298 e. The van der Waals surface area contributed by atoms with Crippen molar-refractivity contribution >= 4 is 0 Å². The molecule has 3 rings (SSSR count). The number of aromatic nitrogens is 3. The molecular formula is C16H15IrN3. The van der Waals surface area contributed by atoms with Crippen molar-refractivity contribution in [3.63, 3.8) is 0 Å². The Morgan fingerprint density at radius 2 is 1.60 bits per heavy atom. The van der Waals surface area contributed by atoms with Gasteiger partial charge in [-0.2, -0.15) is 0 Å². The topological polar surface area (TPSA) is 30.7 Å². The third-order valence-electron chi connectivity index (χ3n) is 3.22. The fourth-order valence-electron chi connectivity index (χ4n) is 2.35. The van der Waals surface area contributed by atoms with E-state index in [0.29, 0.717) is 0 Å². The summed E-state index contributed by atoms with van der Waals surface area (Å²) in [5, 5.41) is 0. The van der Waals surface area contributed by atoms with Crippen LogP contribution in [-0.4, -0.2) is 14.5 Å². The Balaban J connectivity index is 0.00000147. The Morgan fingerprint density at radius 3 is 2.25 bits per heavy atom. The summed E-state index contributed by atoms with van der Waals surface area (Å²) >= 11 is 0. The minimum Gasteiger partial charge on any atom is -0.298 e. The second-order valence-electron chi connectivity index (χ2n) is 4.58. The van der Waals surface area contributed by atoms with Crippen LogP contribution in [0.1, 0.15) is 11.1 Å². The number of pyridine rings is 1. The average molecular weight is 442 g/mol. The summed E-state index contributed by atoms with van der Waals surface area (Å²) in [6.45, 7) is 4.23. The summed E-state index contributed by atoms with van der Waals surface area (Å²) in [5.74, 6) is 0.873. The van der Waals surface area contributed by atoms with E-state index in [2.05, 4.69) is 46.6 Å². The molecule has 0 atom stereocenters. The second-order valence-corrected chi connectivity index (χ2v) is 4.58. The van der Waals surface area contributed by atoms with Gasteiger partial charge in [0.1, 0.15) is 5.69 Å². The molecule has 2 heterocycles. The van der Waals surface area contributed by atoms with E-state index >= 15 is 0 Å². The maximum Gasteiger partial charge on any atom is 0.163 e. The van der Waals surface area contributed by atoms with Crippen LogP contribution in [0.25, 0.3) is 17.2 Å². The summed E-state index contributed by atoms with van der Waals surface area (Å²) in [7, 11) is 0. The maximum atomic E-state index is 4.45. The zero-order valence-electron chi connectivity index (χ0n) is 11.4. The summed E-state index contributed by atoms with van der Waals surface area (Å²) < 4.78 is 2.10. The summed E-state index contributed by atoms with van der Waals surface area (Å²) in [6.07, 6.45) is 5.59. The molecular weight excluding hydrogens is 426 g/mol. The Hall–Kier alpha value is -1.77. The Kier molecular flexibility index (Phi) is 4.48. The van der Waals surface area contributed by atoms with E-state index in [1.165, 1.54) is 16.8 Å². The number of aryl methyl sites for hydroxylation is 2. The van der Waals surface area contributed by atoms with Crippen molar-refractivity contribution in [3.05, 3.63) is 66.1 Å². The average Bonchev–Trinajstić information content (AvgIpc) is 2.89. The van der Waals surface area contributed by atoms with Gasteiger partial charge < -0.3 is 0 Å². The number of imidazole rings is 1. The van der Waals surface area contributed by atoms with Crippen molar-refractivity contribution < 1.29 is 20.1 Å². The number of hydrogen-bond donors (Lipinski definition) is 0. The molecule has 1 aromatic carbocycles. The number of benzene rings is 1. The molecule has 20 heavy (non-hydrogen) atoms. The first-order valence-electron chi connectivity index (χ1n) is 6.29. The van der Waals surface area contributed by atoms with Crippen LogP contribution in [0.5, 0.6) is 0 Å². The molecule has 103 valence electrons. The fraction of sp³-hybridized carbons (Fsp3) is 0.125. The molecule has 0 bridgehead atoms. The van der Waals surface area contributed by atoms with Gasteiger partial charge in [-0.1, -0.05) is 24.3 Å². The number of para-hydroxylation sites is 1. The van der Waals surface area contributed by atoms with Crippen molar-refractivity contribution in [2.45, 2.75) is 13.8 Å². The Bertz CT molecular complexity index is 685. The predicted octanol–water partition coefficient (Wildman–Crippen LogP) is 3.55. The third kappa shape index (κ3) is 2.58. The van der Waals surface area contributed by atoms with Gasteiger partial charge in [0.15, 0.2) is 5.82 Å². The molecule has 0 aliphatic heterocycles. The monoisotopic (exact) mass is 442 g/mol. The molecule has 0 saturated heterocycles. The smallest absolute Gasteiger partial charge is 0.163 e. The molecule has 4 heteroatoms. The van der Waals surface area contributed by atoms with E-state index in [1.54, 1.807) is 6.20 Å². The SMILES string of the molecule is Cc1cccc(C)c1-n1ccnc1-c1ccccn1.[Ir]. The molecule has 0 fully saturated rings. The zero-order valence-corrected chi connectivity index (χ0v) is 13.8. The molecule has 0 unspecified atom stereocenters. The van der Waals surface area contributed by atoms with Crippen molar-refractivity contribution in [3.8, 4) is 17.2 Å². The Labute approximate surface area is 132 Å². The van der Waals surface area contributed by atoms with E-state index in [1.807, 2.05) is 30.6 Å². The fourth-order valence-corrected chi connectivity index (χ4v) is 2.35. The van der Waals surface area contributed by atoms with Crippen molar-refractivity contribution in [2.24, 2.45) is 0 Å². The number of hydrogen-bond acceptors (Lipinski definition) is 2. The minimum absolute atomic E-state index is 0. The first-order chi connectivity index (χ1) is 9.27. The predicted molar refractivity (Wildman–Crippen MR) is 76.3 cm³/mol. The summed E-state index contributed by atoms with van der Waals surface area (Å²) in [6, 6.07) is 12.2. The van der Waals surface area contributed by atoms with Crippen LogP contribution in [0, 0.1) is 13.8 Å². The van der Waals surface area contributed by atoms with E-state index < -0.39 is 0 Å². The molecule has 0 aliphatic rings. The quantitative estimate of drug-likeness (QED) is 0.609. The van der Waals surface area contributed by atoms with Gasteiger partial charge in [0.05, 0.1) is 5.69 Å². The van der Waals surface area contributed by atoms with Gasteiger partial charge in [-0.05, 0) is 37.1 Å². The van der Waals surface area contributed by atoms with Crippen LogP contribution in [0.4, 0.5) is 0 Å². The summed E-state index contributed by atoms with van der Waals surface area (Å²) in [5.41, 5.74) is 4.53. The van der Waals surface area contributed by atoms with Crippen LogP contribution >= 0.6 is 0 Å². The molecule has 2 aromatic heterocycles. The normalized spacial score (nSPS) is 10.1. The van der Waals surface area contributed by atoms with Crippen molar-refractivity contribution in [2.75, 3.05) is 0 Å². The van der Waals surface area contributed by atoms with Gasteiger partial charge in [0, 0.05) is 38.7 Å². The number of rotatable bonds is 2. The van der Waals surface area contributed by atoms with E-state index in [-0.39, 0.29) is 20.1 Å². The third-order valence-corrected chi connectivity index (χ3v) is 3.22. The van der Waals surface area contributed by atoms with Gasteiger partial charge in [-0.25, -0.2) is 4.98 Å². The molecule has 3 aromatic rings. The van der Waals surface area contributed by atoms with Gasteiger partial charge >= 0.3 is 0 Å². The number of nitrogens with zero attached hydrogens (tertiary/aromatic N) is 3. The molecule has 0 N–H and O–H groups in total. The van der Waals surface area contributed by atoms with Crippen LogP contribution in [0.2, 0.25) is 0 Å². The van der Waals surface area contributed by atoms with Crippen molar-refractivity contribution in [1.82, 2.24) is 14.5 Å². The van der Waals surface area contributed by atoms with Gasteiger partial charge in [-0.15, -0.1) is 0 Å². The zero-order chi connectivity index (χ0) is 13.2. The first-order valence-corrected chi connectivity index (χ1v) is 6.29. The van der Waals surface area contributed by atoms with Gasteiger partial charge in [0.25, 0.3) is 0 Å². The van der Waals surface area contributed by atoms with E-state index in [9.17, 15) is 0 Å². The van der Waals surface area contributed by atoms with Crippen molar-refractivity contribution in [1.29, 1.82) is 0 Å². The summed E-state index contributed by atoms with van der Waals surface area (Å²) in [4.78, 5) is 8.83. The maximum absolute atomic E-state index is 4.45. The van der Waals surface area contributed by atoms with Crippen LogP contribution in [-0.2, 0) is 20.1 Å². The van der Waals surface area contributed by atoms with Gasteiger partial charge in [-0.3, -0.25) is 9.55 Å². The van der Waals surface area contributed by atoms with Crippen LogP contribution < -0.4 is 0 Å². The van der Waals surface area contributed by atoms with E-state index in [0.717, 1.165) is 11.5 Å². The van der Waals surface area contributed by atoms with Gasteiger partial charge in [0.2, 0.25) is 0 Å².